The molecule has 3 rings (SSSR count). The van der Waals surface area contributed by atoms with E-state index in [1.807, 2.05) is 0 Å². The van der Waals surface area contributed by atoms with Gasteiger partial charge in [0.1, 0.15) is 5.56 Å². The van der Waals surface area contributed by atoms with Crippen LogP contribution in [0.3, 0.4) is 0 Å². The predicted octanol–water partition coefficient (Wildman–Crippen LogP) is -0.0249. The van der Waals surface area contributed by atoms with Gasteiger partial charge in [-0.05, 0) is 19.8 Å². The fourth-order valence-electron chi connectivity index (χ4n) is 2.65. The van der Waals surface area contributed by atoms with E-state index in [0.717, 1.165) is 0 Å². The number of amides is 1. The van der Waals surface area contributed by atoms with Crippen LogP contribution in [0, 0.1) is 6.92 Å². The summed E-state index contributed by atoms with van der Waals surface area (Å²) in [5.41, 5.74) is -0.109. The van der Waals surface area contributed by atoms with Crippen molar-refractivity contribution in [3.05, 3.63) is 28.7 Å². The van der Waals surface area contributed by atoms with Crippen LogP contribution < -0.4 is 5.56 Å². The first-order valence-corrected chi connectivity index (χ1v) is 7.85. The molecule has 0 radical (unpaired) electrons. The molecule has 1 N–H and O–H groups in total. The second kappa shape index (κ2) is 6.91. The van der Waals surface area contributed by atoms with Crippen molar-refractivity contribution >= 4 is 5.91 Å². The average Bonchev–Trinajstić information content (AvgIpc) is 3.00. The summed E-state index contributed by atoms with van der Waals surface area (Å²) < 4.78 is 6.37. The van der Waals surface area contributed by atoms with Crippen LogP contribution in [0.25, 0.3) is 11.5 Å². The second-order valence-electron chi connectivity index (χ2n) is 5.81. The molecule has 9 heteroatoms. The Balaban J connectivity index is 1.67. The van der Waals surface area contributed by atoms with Gasteiger partial charge in [0.25, 0.3) is 11.4 Å². The van der Waals surface area contributed by atoms with Gasteiger partial charge in [-0.3, -0.25) is 14.2 Å². The SMILES string of the molecule is Cc1noc(-c2cncn(CCC(=O)N3CCC(O)CC3)c2=O)n1. The number of likely N-dealkylation sites (tertiary alicyclic amines) is 1. The van der Waals surface area contributed by atoms with E-state index in [1.54, 1.807) is 11.8 Å². The summed E-state index contributed by atoms with van der Waals surface area (Å²) in [5.74, 6) is 0.519. The molecule has 1 fully saturated rings. The number of aromatic nitrogens is 4. The fourth-order valence-corrected chi connectivity index (χ4v) is 2.65. The van der Waals surface area contributed by atoms with E-state index >= 15 is 0 Å². The zero-order valence-corrected chi connectivity index (χ0v) is 13.4. The molecule has 128 valence electrons. The van der Waals surface area contributed by atoms with Crippen LogP contribution >= 0.6 is 0 Å². The second-order valence-corrected chi connectivity index (χ2v) is 5.81. The molecule has 0 saturated carbocycles. The molecule has 9 nitrogen and oxygen atoms in total. The molecule has 0 spiro atoms. The molecule has 0 aromatic carbocycles. The highest BCUT2D eigenvalue weighted by molar-refractivity contribution is 5.76. The van der Waals surface area contributed by atoms with E-state index in [-0.39, 0.29) is 42.0 Å². The van der Waals surface area contributed by atoms with E-state index in [4.69, 9.17) is 4.52 Å². The van der Waals surface area contributed by atoms with Crippen molar-refractivity contribution in [1.82, 2.24) is 24.6 Å². The molecular weight excluding hydrogens is 314 g/mol. The maximum absolute atomic E-state index is 12.4. The standard InChI is InChI=1S/C15H19N5O4/c1-10-17-14(24-18-10)12-8-16-9-20(15(12)23)7-4-13(22)19-5-2-11(21)3-6-19/h8-9,11,21H,2-7H2,1H3. The number of rotatable bonds is 4. The summed E-state index contributed by atoms with van der Waals surface area (Å²) in [6.07, 6.45) is 3.83. The highest BCUT2D eigenvalue weighted by Crippen LogP contribution is 2.12. The minimum Gasteiger partial charge on any atom is -0.393 e. The summed E-state index contributed by atoms with van der Waals surface area (Å²) in [5, 5.41) is 13.1. The van der Waals surface area contributed by atoms with Crippen molar-refractivity contribution in [3.63, 3.8) is 0 Å². The lowest BCUT2D eigenvalue weighted by atomic mass is 10.1. The number of aryl methyl sites for hydroxylation is 2. The molecule has 0 aliphatic carbocycles. The molecule has 0 unspecified atom stereocenters. The lowest BCUT2D eigenvalue weighted by Gasteiger charge is -2.29. The highest BCUT2D eigenvalue weighted by atomic mass is 16.5. The van der Waals surface area contributed by atoms with Gasteiger partial charge < -0.3 is 14.5 Å². The maximum atomic E-state index is 12.4. The zero-order chi connectivity index (χ0) is 17.1. The first-order chi connectivity index (χ1) is 11.5. The summed E-state index contributed by atoms with van der Waals surface area (Å²) in [6.45, 7) is 2.99. The Kier molecular flexibility index (Phi) is 4.70. The molecule has 1 amide bonds. The predicted molar refractivity (Wildman–Crippen MR) is 83.0 cm³/mol. The smallest absolute Gasteiger partial charge is 0.266 e. The van der Waals surface area contributed by atoms with Gasteiger partial charge in [-0.15, -0.1) is 0 Å². The van der Waals surface area contributed by atoms with Gasteiger partial charge in [-0.25, -0.2) is 4.98 Å². The van der Waals surface area contributed by atoms with Gasteiger partial charge in [0, 0.05) is 32.3 Å². The summed E-state index contributed by atoms with van der Waals surface area (Å²) in [6, 6.07) is 0. The third-order valence-electron chi connectivity index (χ3n) is 4.04. The Morgan fingerprint density at radius 3 is 2.83 bits per heavy atom. The average molecular weight is 333 g/mol. The van der Waals surface area contributed by atoms with Gasteiger partial charge in [0.15, 0.2) is 5.82 Å². The Morgan fingerprint density at radius 1 is 1.42 bits per heavy atom. The van der Waals surface area contributed by atoms with Crippen LogP contribution in [0.15, 0.2) is 21.8 Å². The van der Waals surface area contributed by atoms with Gasteiger partial charge in [0.2, 0.25) is 5.91 Å². The van der Waals surface area contributed by atoms with Crippen LogP contribution in [0.2, 0.25) is 0 Å². The molecule has 0 bridgehead atoms. The van der Waals surface area contributed by atoms with Gasteiger partial charge in [-0.1, -0.05) is 5.16 Å². The van der Waals surface area contributed by atoms with E-state index in [9.17, 15) is 14.7 Å². The topological polar surface area (TPSA) is 114 Å². The minimum atomic E-state index is -0.324. The number of hydrogen-bond donors (Lipinski definition) is 1. The Morgan fingerprint density at radius 2 is 2.17 bits per heavy atom. The van der Waals surface area contributed by atoms with Crippen molar-refractivity contribution in [2.24, 2.45) is 0 Å². The largest absolute Gasteiger partial charge is 0.393 e. The fraction of sp³-hybridized carbons (Fsp3) is 0.533. The lowest BCUT2D eigenvalue weighted by molar-refractivity contribution is -0.133. The molecule has 3 heterocycles. The van der Waals surface area contributed by atoms with Crippen LogP contribution in [-0.4, -0.2) is 54.8 Å². The zero-order valence-electron chi connectivity index (χ0n) is 13.4. The van der Waals surface area contributed by atoms with Gasteiger partial charge in [-0.2, -0.15) is 4.98 Å². The van der Waals surface area contributed by atoms with E-state index in [2.05, 4.69) is 15.1 Å². The van der Waals surface area contributed by atoms with Gasteiger partial charge >= 0.3 is 0 Å². The highest BCUT2D eigenvalue weighted by Gasteiger charge is 2.21. The summed E-state index contributed by atoms with van der Waals surface area (Å²) in [4.78, 5) is 34.4. The monoisotopic (exact) mass is 333 g/mol. The maximum Gasteiger partial charge on any atom is 0.266 e. The Bertz CT molecular complexity index is 776. The van der Waals surface area contributed by atoms with Crippen molar-refractivity contribution in [1.29, 1.82) is 0 Å². The molecule has 24 heavy (non-hydrogen) atoms. The van der Waals surface area contributed by atoms with Crippen LogP contribution in [-0.2, 0) is 11.3 Å². The number of nitrogens with zero attached hydrogens (tertiary/aromatic N) is 5. The number of hydrogen-bond acceptors (Lipinski definition) is 7. The lowest BCUT2D eigenvalue weighted by Crippen LogP contribution is -2.40. The van der Waals surface area contributed by atoms with Crippen molar-refractivity contribution in [3.8, 4) is 11.5 Å². The third-order valence-corrected chi connectivity index (χ3v) is 4.04. The Labute approximate surface area is 137 Å². The van der Waals surface area contributed by atoms with E-state index in [1.165, 1.54) is 17.1 Å². The first-order valence-electron chi connectivity index (χ1n) is 7.85. The summed E-state index contributed by atoms with van der Waals surface area (Å²) in [7, 11) is 0. The first kappa shape index (κ1) is 16.3. The van der Waals surface area contributed by atoms with Gasteiger partial charge in [0.05, 0.1) is 12.4 Å². The normalized spacial score (nSPS) is 15.7. The molecule has 1 aliphatic rings. The molecular formula is C15H19N5O4. The van der Waals surface area contributed by atoms with Crippen molar-refractivity contribution in [2.75, 3.05) is 13.1 Å². The number of carbonyl (C=O) groups excluding carboxylic acids is 1. The van der Waals surface area contributed by atoms with Crippen molar-refractivity contribution < 1.29 is 14.4 Å². The van der Waals surface area contributed by atoms with Crippen LogP contribution in [0.4, 0.5) is 0 Å². The third kappa shape index (κ3) is 3.51. The van der Waals surface area contributed by atoms with E-state index in [0.29, 0.717) is 31.8 Å². The molecule has 1 saturated heterocycles. The number of aliphatic hydroxyl groups excluding tert-OH is 1. The molecule has 2 aromatic rings. The van der Waals surface area contributed by atoms with Crippen LogP contribution in [0.5, 0.6) is 0 Å². The van der Waals surface area contributed by atoms with Crippen LogP contribution in [0.1, 0.15) is 25.1 Å². The van der Waals surface area contributed by atoms with Crippen molar-refractivity contribution in [2.45, 2.75) is 38.8 Å². The minimum absolute atomic E-state index is 0.0344. The number of aliphatic hydroxyl groups is 1. The number of carbonyl (C=O) groups is 1. The number of piperidine rings is 1. The summed E-state index contributed by atoms with van der Waals surface area (Å²) >= 11 is 0. The molecule has 1 aliphatic heterocycles. The quantitative estimate of drug-likeness (QED) is 0.836. The molecule has 0 atom stereocenters. The van der Waals surface area contributed by atoms with E-state index < -0.39 is 0 Å². The molecule has 2 aromatic heterocycles. The Hall–Kier alpha value is -2.55.